The van der Waals surface area contributed by atoms with Crippen LogP contribution in [0.1, 0.15) is 18.7 Å². The van der Waals surface area contributed by atoms with Crippen molar-refractivity contribution >= 4 is 39.3 Å². The molecule has 1 aromatic heterocycles. The minimum atomic E-state index is -0.0687. The number of aryl methyl sites for hydroxylation is 1. The van der Waals surface area contributed by atoms with Gasteiger partial charge in [0.2, 0.25) is 0 Å². The normalized spacial score (nSPS) is 12.6. The monoisotopic (exact) mass is 359 g/mol. The van der Waals surface area contributed by atoms with E-state index in [9.17, 15) is 0 Å². The van der Waals surface area contributed by atoms with Gasteiger partial charge in [0.05, 0.1) is 22.4 Å². The van der Waals surface area contributed by atoms with Crippen LogP contribution in [0.5, 0.6) is 0 Å². The summed E-state index contributed by atoms with van der Waals surface area (Å²) in [6.45, 7) is 2.87. The zero-order valence-electron chi connectivity index (χ0n) is 10.5. The van der Waals surface area contributed by atoms with Gasteiger partial charge >= 0.3 is 0 Å². The van der Waals surface area contributed by atoms with Crippen molar-refractivity contribution in [3.63, 3.8) is 0 Å². The van der Waals surface area contributed by atoms with Gasteiger partial charge in [0, 0.05) is 22.2 Å². The first kappa shape index (κ1) is 14.9. The number of rotatable bonds is 5. The quantitative estimate of drug-likeness (QED) is 0.816. The van der Waals surface area contributed by atoms with Crippen molar-refractivity contribution in [2.75, 3.05) is 5.75 Å². The third-order valence-electron chi connectivity index (χ3n) is 2.71. The second kappa shape index (κ2) is 6.79. The first-order chi connectivity index (χ1) is 9.11. The Morgan fingerprint density at radius 2 is 2.32 bits per heavy atom. The zero-order valence-corrected chi connectivity index (χ0v) is 13.7. The van der Waals surface area contributed by atoms with Crippen LogP contribution in [-0.4, -0.2) is 15.5 Å². The second-order valence-corrected chi connectivity index (χ2v) is 6.45. The lowest BCUT2D eigenvalue weighted by Crippen LogP contribution is -2.18. The fourth-order valence-corrected chi connectivity index (χ4v) is 3.57. The molecule has 1 heterocycles. The van der Waals surface area contributed by atoms with Gasteiger partial charge in [0.1, 0.15) is 0 Å². The molecule has 0 radical (unpaired) electrons. The number of benzene rings is 1. The van der Waals surface area contributed by atoms with Crippen molar-refractivity contribution in [3.8, 4) is 0 Å². The molecular formula is C13H15BrClN3S. The first-order valence-corrected chi connectivity index (χ1v) is 8.12. The summed E-state index contributed by atoms with van der Waals surface area (Å²) < 4.78 is 2.89. The predicted octanol–water partition coefficient (Wildman–Crippen LogP) is 4.11. The maximum Gasteiger partial charge on any atom is 0.0701 e. The van der Waals surface area contributed by atoms with Gasteiger partial charge in [-0.05, 0) is 41.1 Å². The molecule has 0 aliphatic heterocycles. The number of thioether (sulfide) groups is 1. The molecule has 1 aromatic carbocycles. The Morgan fingerprint density at radius 1 is 1.53 bits per heavy atom. The molecule has 0 aliphatic rings. The van der Waals surface area contributed by atoms with E-state index in [2.05, 4.69) is 28.0 Å². The van der Waals surface area contributed by atoms with Gasteiger partial charge in [0.25, 0.3) is 0 Å². The largest absolute Gasteiger partial charge is 0.322 e. The fourth-order valence-electron chi connectivity index (χ4n) is 1.81. The Hall–Kier alpha value is -0.490. The van der Waals surface area contributed by atoms with Crippen molar-refractivity contribution in [3.05, 3.63) is 45.7 Å². The van der Waals surface area contributed by atoms with Gasteiger partial charge < -0.3 is 5.73 Å². The van der Waals surface area contributed by atoms with Crippen LogP contribution in [0, 0.1) is 0 Å². The number of hydrogen-bond donors (Lipinski definition) is 1. The molecule has 2 rings (SSSR count). The molecule has 1 atom stereocenters. The van der Waals surface area contributed by atoms with Crippen LogP contribution in [0.3, 0.4) is 0 Å². The lowest BCUT2D eigenvalue weighted by atomic mass is 10.2. The molecule has 0 bridgehead atoms. The highest BCUT2D eigenvalue weighted by Gasteiger charge is 2.16. The van der Waals surface area contributed by atoms with Gasteiger partial charge in [-0.2, -0.15) is 5.10 Å². The van der Waals surface area contributed by atoms with E-state index in [-0.39, 0.29) is 6.04 Å². The Labute approximate surface area is 130 Å². The van der Waals surface area contributed by atoms with Gasteiger partial charge in [0.15, 0.2) is 0 Å². The summed E-state index contributed by atoms with van der Waals surface area (Å²) in [6.07, 6.45) is 1.79. The van der Waals surface area contributed by atoms with Crippen molar-refractivity contribution in [1.82, 2.24) is 9.78 Å². The number of nitrogens with two attached hydrogens (primary N) is 1. The van der Waals surface area contributed by atoms with E-state index < -0.39 is 0 Å². The van der Waals surface area contributed by atoms with Crippen LogP contribution in [-0.2, 0) is 6.54 Å². The smallest absolute Gasteiger partial charge is 0.0701 e. The molecule has 0 aliphatic carbocycles. The third-order valence-corrected chi connectivity index (χ3v) is 4.67. The van der Waals surface area contributed by atoms with Gasteiger partial charge in [-0.25, -0.2) is 0 Å². The highest BCUT2D eigenvalue weighted by Crippen LogP contribution is 2.28. The van der Waals surface area contributed by atoms with E-state index in [1.54, 1.807) is 18.0 Å². The summed E-state index contributed by atoms with van der Waals surface area (Å²) >= 11 is 11.2. The van der Waals surface area contributed by atoms with Crippen LogP contribution in [0.4, 0.5) is 0 Å². The van der Waals surface area contributed by atoms with E-state index in [4.69, 9.17) is 17.3 Å². The van der Waals surface area contributed by atoms with Gasteiger partial charge in [-0.3, -0.25) is 4.68 Å². The Bertz CT molecular complexity index is 559. The average Bonchev–Trinajstić information content (AvgIpc) is 2.77. The number of aromatic nitrogens is 2. The van der Waals surface area contributed by atoms with Crippen LogP contribution in [0.2, 0.25) is 5.02 Å². The van der Waals surface area contributed by atoms with Crippen LogP contribution in [0.15, 0.2) is 39.8 Å². The standard InChI is InChI=1S/C13H15BrClN3S/c1-2-18-13(11(14)7-17-18)12(16)8-19-10-5-3-4-9(15)6-10/h3-7,12H,2,8,16H2,1H3. The summed E-state index contributed by atoms with van der Waals surface area (Å²) in [4.78, 5) is 1.13. The van der Waals surface area contributed by atoms with E-state index in [1.165, 1.54) is 0 Å². The van der Waals surface area contributed by atoms with Crippen molar-refractivity contribution in [2.24, 2.45) is 5.73 Å². The number of hydrogen-bond acceptors (Lipinski definition) is 3. The Kier molecular flexibility index (Phi) is 5.33. The highest BCUT2D eigenvalue weighted by atomic mass is 79.9. The summed E-state index contributed by atoms with van der Waals surface area (Å²) in [5, 5.41) is 5.03. The zero-order chi connectivity index (χ0) is 13.8. The maximum atomic E-state index is 6.26. The lowest BCUT2D eigenvalue weighted by molar-refractivity contribution is 0.591. The van der Waals surface area contributed by atoms with Gasteiger partial charge in [-0.15, -0.1) is 11.8 Å². The topological polar surface area (TPSA) is 43.8 Å². The molecule has 3 nitrogen and oxygen atoms in total. The minimum absolute atomic E-state index is 0.0687. The van der Waals surface area contributed by atoms with E-state index in [0.717, 1.165) is 32.4 Å². The number of nitrogens with zero attached hydrogens (tertiary/aromatic N) is 2. The van der Waals surface area contributed by atoms with E-state index in [0.29, 0.717) is 0 Å². The summed E-state index contributed by atoms with van der Waals surface area (Å²) in [5.41, 5.74) is 7.30. The molecule has 0 spiro atoms. The molecule has 0 fully saturated rings. The van der Waals surface area contributed by atoms with Crippen LogP contribution < -0.4 is 5.73 Å². The predicted molar refractivity (Wildman–Crippen MR) is 84.7 cm³/mol. The molecule has 2 aromatic rings. The summed E-state index contributed by atoms with van der Waals surface area (Å²) in [7, 11) is 0. The van der Waals surface area contributed by atoms with Crippen LogP contribution >= 0.6 is 39.3 Å². The second-order valence-electron chi connectivity index (χ2n) is 4.07. The SMILES string of the molecule is CCn1ncc(Br)c1C(N)CSc1cccc(Cl)c1. The molecule has 19 heavy (non-hydrogen) atoms. The van der Waals surface area contributed by atoms with E-state index in [1.807, 2.05) is 28.9 Å². The maximum absolute atomic E-state index is 6.26. The molecule has 2 N–H and O–H groups in total. The van der Waals surface area contributed by atoms with Crippen molar-refractivity contribution < 1.29 is 0 Å². The minimum Gasteiger partial charge on any atom is -0.322 e. The summed E-state index contributed by atoms with van der Waals surface area (Å²) in [6, 6.07) is 7.73. The van der Waals surface area contributed by atoms with E-state index >= 15 is 0 Å². The highest BCUT2D eigenvalue weighted by molar-refractivity contribution is 9.10. The molecule has 1 unspecified atom stereocenters. The Morgan fingerprint density at radius 3 is 3.00 bits per heavy atom. The average molecular weight is 361 g/mol. The third kappa shape index (κ3) is 3.75. The lowest BCUT2D eigenvalue weighted by Gasteiger charge is -2.14. The summed E-state index contributed by atoms with van der Waals surface area (Å²) in [5.74, 6) is 0.782. The molecule has 0 saturated carbocycles. The molecule has 102 valence electrons. The van der Waals surface area contributed by atoms with Crippen LogP contribution in [0.25, 0.3) is 0 Å². The molecule has 0 amide bonds. The molecule has 6 heteroatoms. The number of halogens is 2. The van der Waals surface area contributed by atoms with Crippen molar-refractivity contribution in [2.45, 2.75) is 24.4 Å². The van der Waals surface area contributed by atoms with Gasteiger partial charge in [-0.1, -0.05) is 17.7 Å². The van der Waals surface area contributed by atoms with Crippen molar-refractivity contribution in [1.29, 1.82) is 0 Å². The molecule has 0 saturated heterocycles. The molecular weight excluding hydrogens is 346 g/mol. The first-order valence-electron chi connectivity index (χ1n) is 5.97. The Balaban J connectivity index is 2.05. The fraction of sp³-hybridized carbons (Fsp3) is 0.308.